The first-order valence-corrected chi connectivity index (χ1v) is 8.65. The number of hydrogen-bond donors (Lipinski definition) is 0. The van der Waals surface area contributed by atoms with Crippen molar-refractivity contribution in [1.29, 1.82) is 0 Å². The number of carbonyl (C=O) groups is 1. The highest BCUT2D eigenvalue weighted by Gasteiger charge is 2.24. The minimum Gasteiger partial charge on any atom is -0.493 e. The Balaban J connectivity index is 1.45. The van der Waals surface area contributed by atoms with Gasteiger partial charge in [-0.15, -0.1) is 0 Å². The van der Waals surface area contributed by atoms with Gasteiger partial charge in [0.1, 0.15) is 23.2 Å². The van der Waals surface area contributed by atoms with Crippen LogP contribution in [0.1, 0.15) is 29.6 Å². The minimum atomic E-state index is -0.752. The number of amides is 1. The number of carbonyl (C=O) groups excluding carboxylic acids is 1. The van der Waals surface area contributed by atoms with Crippen molar-refractivity contribution in [1.82, 2.24) is 4.90 Å². The number of ether oxygens (including phenoxy) is 1. The van der Waals surface area contributed by atoms with E-state index in [1.165, 1.54) is 12.1 Å². The van der Waals surface area contributed by atoms with Crippen molar-refractivity contribution < 1.29 is 22.7 Å². The molecule has 6 heteroatoms. The first kappa shape index (κ1) is 18.3. The SMILES string of the molecule is O=C(c1cc(F)cc(F)c1)N1CCC(CCOc2cccc(F)c2)CC1. The smallest absolute Gasteiger partial charge is 0.254 e. The molecule has 1 aliphatic rings. The summed E-state index contributed by atoms with van der Waals surface area (Å²) in [6.07, 6.45) is 2.42. The standard InChI is InChI=1S/C20H20F3NO2/c21-16-2-1-3-19(13-16)26-9-6-14-4-7-24(8-5-14)20(25)15-10-17(22)12-18(23)11-15/h1-3,10-14H,4-9H2. The molecule has 0 unspecified atom stereocenters. The molecule has 1 heterocycles. The van der Waals surface area contributed by atoms with Gasteiger partial charge in [-0.25, -0.2) is 13.2 Å². The van der Waals surface area contributed by atoms with Crippen molar-refractivity contribution >= 4 is 5.91 Å². The van der Waals surface area contributed by atoms with E-state index in [0.717, 1.165) is 37.5 Å². The summed E-state index contributed by atoms with van der Waals surface area (Å²) in [5.74, 6) is -1.28. The predicted molar refractivity (Wildman–Crippen MR) is 91.5 cm³/mol. The Kier molecular flexibility index (Phi) is 5.81. The first-order chi connectivity index (χ1) is 12.5. The van der Waals surface area contributed by atoms with Crippen LogP contribution in [0.2, 0.25) is 0 Å². The predicted octanol–water partition coefficient (Wildman–Crippen LogP) is 4.43. The first-order valence-electron chi connectivity index (χ1n) is 8.65. The third-order valence-corrected chi connectivity index (χ3v) is 4.60. The number of rotatable bonds is 5. The number of benzene rings is 2. The molecule has 0 N–H and O–H groups in total. The molecule has 1 amide bonds. The Morgan fingerprint density at radius 2 is 1.69 bits per heavy atom. The van der Waals surface area contributed by atoms with E-state index in [4.69, 9.17) is 4.74 Å². The maximum absolute atomic E-state index is 13.3. The fourth-order valence-electron chi connectivity index (χ4n) is 3.18. The van der Waals surface area contributed by atoms with Crippen molar-refractivity contribution in [3.05, 3.63) is 65.5 Å². The van der Waals surface area contributed by atoms with E-state index in [9.17, 15) is 18.0 Å². The second kappa shape index (κ2) is 8.25. The van der Waals surface area contributed by atoms with E-state index in [-0.39, 0.29) is 17.3 Å². The summed E-state index contributed by atoms with van der Waals surface area (Å²) in [5, 5.41) is 0. The molecule has 0 aliphatic carbocycles. The van der Waals surface area contributed by atoms with Gasteiger partial charge in [0.2, 0.25) is 0 Å². The lowest BCUT2D eigenvalue weighted by Gasteiger charge is -2.32. The highest BCUT2D eigenvalue weighted by atomic mass is 19.1. The van der Waals surface area contributed by atoms with Crippen LogP contribution in [0.25, 0.3) is 0 Å². The van der Waals surface area contributed by atoms with Crippen LogP contribution in [0.4, 0.5) is 13.2 Å². The number of hydrogen-bond acceptors (Lipinski definition) is 2. The van der Waals surface area contributed by atoms with Gasteiger partial charge < -0.3 is 9.64 Å². The van der Waals surface area contributed by atoms with Gasteiger partial charge in [-0.3, -0.25) is 4.79 Å². The van der Waals surface area contributed by atoms with Crippen LogP contribution in [0, 0.1) is 23.4 Å². The highest BCUT2D eigenvalue weighted by Crippen LogP contribution is 2.23. The van der Waals surface area contributed by atoms with E-state index in [1.807, 2.05) is 0 Å². The zero-order chi connectivity index (χ0) is 18.5. The Morgan fingerprint density at radius 3 is 2.35 bits per heavy atom. The lowest BCUT2D eigenvalue weighted by Crippen LogP contribution is -2.38. The lowest BCUT2D eigenvalue weighted by atomic mass is 9.93. The quantitative estimate of drug-likeness (QED) is 0.787. The van der Waals surface area contributed by atoms with Gasteiger partial charge in [-0.2, -0.15) is 0 Å². The molecule has 1 saturated heterocycles. The molecule has 0 saturated carbocycles. The fourth-order valence-corrected chi connectivity index (χ4v) is 3.18. The van der Waals surface area contributed by atoms with Gasteiger partial charge in [0, 0.05) is 30.8 Å². The van der Waals surface area contributed by atoms with Gasteiger partial charge in [0.25, 0.3) is 5.91 Å². The molecule has 3 nitrogen and oxygen atoms in total. The van der Waals surface area contributed by atoms with E-state index < -0.39 is 11.6 Å². The number of halogens is 3. The number of nitrogens with zero attached hydrogens (tertiary/aromatic N) is 1. The molecule has 0 aromatic heterocycles. The van der Waals surface area contributed by atoms with Crippen LogP contribution in [-0.4, -0.2) is 30.5 Å². The Hall–Kier alpha value is -2.50. The van der Waals surface area contributed by atoms with Crippen LogP contribution in [0.5, 0.6) is 5.75 Å². The monoisotopic (exact) mass is 363 g/mol. The molecule has 3 rings (SSSR count). The van der Waals surface area contributed by atoms with Gasteiger partial charge in [-0.05, 0) is 49.4 Å². The number of piperidine rings is 1. The molecular formula is C20H20F3NO2. The summed E-state index contributed by atoms with van der Waals surface area (Å²) < 4.78 is 45.2. The average molecular weight is 363 g/mol. The fraction of sp³-hybridized carbons (Fsp3) is 0.350. The van der Waals surface area contributed by atoms with E-state index in [1.54, 1.807) is 17.0 Å². The minimum absolute atomic E-state index is 0.0374. The second-order valence-electron chi connectivity index (χ2n) is 6.49. The molecule has 0 spiro atoms. The zero-order valence-electron chi connectivity index (χ0n) is 14.3. The van der Waals surface area contributed by atoms with Crippen molar-refractivity contribution in [2.45, 2.75) is 19.3 Å². The molecule has 0 radical (unpaired) electrons. The normalized spacial score (nSPS) is 15.1. The lowest BCUT2D eigenvalue weighted by molar-refractivity contribution is 0.0679. The molecule has 2 aromatic rings. The van der Waals surface area contributed by atoms with Gasteiger partial charge >= 0.3 is 0 Å². The van der Waals surface area contributed by atoms with Gasteiger partial charge in [0.15, 0.2) is 0 Å². The molecule has 0 bridgehead atoms. The highest BCUT2D eigenvalue weighted by molar-refractivity contribution is 5.94. The van der Waals surface area contributed by atoms with E-state index >= 15 is 0 Å². The third-order valence-electron chi connectivity index (χ3n) is 4.60. The Bertz CT molecular complexity index is 753. The maximum atomic E-state index is 13.3. The summed E-state index contributed by atoms with van der Waals surface area (Å²) in [7, 11) is 0. The van der Waals surface area contributed by atoms with Crippen molar-refractivity contribution in [3.8, 4) is 5.75 Å². The average Bonchev–Trinajstić information content (AvgIpc) is 2.61. The number of likely N-dealkylation sites (tertiary alicyclic amines) is 1. The molecule has 26 heavy (non-hydrogen) atoms. The molecule has 2 aromatic carbocycles. The molecule has 1 aliphatic heterocycles. The Labute approximate surface area is 150 Å². The second-order valence-corrected chi connectivity index (χ2v) is 6.49. The zero-order valence-corrected chi connectivity index (χ0v) is 14.3. The van der Waals surface area contributed by atoms with Crippen LogP contribution in [-0.2, 0) is 0 Å². The molecular weight excluding hydrogens is 343 g/mol. The summed E-state index contributed by atoms with van der Waals surface area (Å²) in [6, 6.07) is 8.90. The van der Waals surface area contributed by atoms with Gasteiger partial charge in [0.05, 0.1) is 6.61 Å². The summed E-state index contributed by atoms with van der Waals surface area (Å²) in [6.45, 7) is 1.57. The molecule has 138 valence electrons. The van der Waals surface area contributed by atoms with Crippen LogP contribution in [0.3, 0.4) is 0 Å². The van der Waals surface area contributed by atoms with Crippen molar-refractivity contribution in [2.24, 2.45) is 5.92 Å². The van der Waals surface area contributed by atoms with Gasteiger partial charge in [-0.1, -0.05) is 6.07 Å². The van der Waals surface area contributed by atoms with Crippen LogP contribution < -0.4 is 4.74 Å². The summed E-state index contributed by atoms with van der Waals surface area (Å²) in [4.78, 5) is 14.0. The summed E-state index contributed by atoms with van der Waals surface area (Å²) >= 11 is 0. The summed E-state index contributed by atoms with van der Waals surface area (Å²) in [5.41, 5.74) is 0.0374. The van der Waals surface area contributed by atoms with Crippen LogP contribution in [0.15, 0.2) is 42.5 Å². The van der Waals surface area contributed by atoms with Crippen molar-refractivity contribution in [3.63, 3.8) is 0 Å². The van der Waals surface area contributed by atoms with E-state index in [0.29, 0.717) is 31.4 Å². The van der Waals surface area contributed by atoms with Crippen LogP contribution >= 0.6 is 0 Å². The third kappa shape index (κ3) is 4.77. The maximum Gasteiger partial charge on any atom is 0.254 e. The largest absolute Gasteiger partial charge is 0.493 e. The molecule has 1 fully saturated rings. The topological polar surface area (TPSA) is 29.5 Å². The van der Waals surface area contributed by atoms with E-state index in [2.05, 4.69) is 0 Å². The Morgan fingerprint density at radius 1 is 1.00 bits per heavy atom. The molecule has 0 atom stereocenters. The van der Waals surface area contributed by atoms with Crippen molar-refractivity contribution in [2.75, 3.05) is 19.7 Å².